The zero-order valence-corrected chi connectivity index (χ0v) is 16.4. The summed E-state index contributed by atoms with van der Waals surface area (Å²) in [6.07, 6.45) is 0. The minimum Gasteiger partial charge on any atom is -0.294 e. The van der Waals surface area contributed by atoms with E-state index in [9.17, 15) is 21.6 Å². The number of hydrogen-bond acceptors (Lipinski definition) is 5. The van der Waals surface area contributed by atoms with Crippen molar-refractivity contribution in [1.82, 2.24) is 0 Å². The summed E-state index contributed by atoms with van der Waals surface area (Å²) in [5.41, 5.74) is -0.168. The van der Waals surface area contributed by atoms with Crippen molar-refractivity contribution in [3.05, 3.63) is 33.8 Å². The summed E-state index contributed by atoms with van der Waals surface area (Å²) in [5, 5.41) is 0.112. The van der Waals surface area contributed by atoms with E-state index in [0.717, 1.165) is 0 Å². The van der Waals surface area contributed by atoms with Gasteiger partial charge in [0.25, 0.3) is 20.2 Å². The van der Waals surface area contributed by atoms with Crippen LogP contribution in [-0.4, -0.2) is 43.2 Å². The van der Waals surface area contributed by atoms with Gasteiger partial charge >= 0.3 is 29.6 Å². The smallest absolute Gasteiger partial charge is 0.294 e. The van der Waals surface area contributed by atoms with Crippen LogP contribution in [0.5, 0.6) is 0 Å². The van der Waals surface area contributed by atoms with E-state index in [-0.39, 0.29) is 45.2 Å². The number of ketones is 1. The van der Waals surface area contributed by atoms with Crippen molar-refractivity contribution >= 4 is 49.2 Å². The molecular formula is C10H10Cl2NaO7S2+. The number of carbonyl (C=O) groups excluding carboxylic acids is 1. The van der Waals surface area contributed by atoms with Crippen LogP contribution in [0.2, 0.25) is 10.0 Å². The van der Waals surface area contributed by atoms with Gasteiger partial charge in [-0.05, 0) is 18.2 Å². The van der Waals surface area contributed by atoms with Gasteiger partial charge in [-0.3, -0.25) is 13.9 Å². The van der Waals surface area contributed by atoms with Crippen molar-refractivity contribution in [2.75, 3.05) is 11.5 Å². The van der Waals surface area contributed by atoms with Crippen LogP contribution in [0.4, 0.5) is 0 Å². The fourth-order valence-electron chi connectivity index (χ4n) is 1.62. The van der Waals surface area contributed by atoms with Gasteiger partial charge in [-0.15, -0.1) is 0 Å². The molecule has 0 atom stereocenters. The number of carbonyl (C=O) groups is 1. The fraction of sp³-hybridized carbons (Fsp3) is 0.300. The summed E-state index contributed by atoms with van der Waals surface area (Å²) >= 11 is 11.4. The van der Waals surface area contributed by atoms with Crippen molar-refractivity contribution < 1.29 is 60.3 Å². The third-order valence-corrected chi connectivity index (χ3v) is 4.59. The van der Waals surface area contributed by atoms with Crippen LogP contribution in [0.15, 0.2) is 18.2 Å². The van der Waals surface area contributed by atoms with E-state index in [1.54, 1.807) is 0 Å². The zero-order valence-electron chi connectivity index (χ0n) is 11.2. The number of benzene rings is 1. The Labute approximate surface area is 159 Å². The molecule has 0 aliphatic heterocycles. The van der Waals surface area contributed by atoms with Crippen LogP contribution in [-0.2, 0) is 20.2 Å². The van der Waals surface area contributed by atoms with Crippen LogP contribution < -0.4 is 29.6 Å². The maximum absolute atomic E-state index is 12.2. The Morgan fingerprint density at radius 2 is 1.50 bits per heavy atom. The van der Waals surface area contributed by atoms with E-state index in [2.05, 4.69) is 0 Å². The maximum atomic E-state index is 12.2. The summed E-state index contributed by atoms with van der Waals surface area (Å²) in [7, 11) is -9.27. The molecule has 22 heavy (non-hydrogen) atoms. The molecular weight excluding hydrogens is 390 g/mol. The summed E-state index contributed by atoms with van der Waals surface area (Å²) < 4.78 is 61.1. The topological polar surface area (TPSA) is 126 Å². The number of hydrogen-bond donors (Lipinski definition) is 2. The van der Waals surface area contributed by atoms with E-state index < -0.39 is 43.4 Å². The van der Waals surface area contributed by atoms with E-state index in [1.807, 2.05) is 0 Å². The third kappa shape index (κ3) is 7.71. The van der Waals surface area contributed by atoms with Crippen LogP contribution in [0, 0.1) is 5.92 Å². The van der Waals surface area contributed by atoms with E-state index in [0.29, 0.717) is 0 Å². The van der Waals surface area contributed by atoms with Crippen LogP contribution >= 0.6 is 23.2 Å². The first-order valence-corrected chi connectivity index (χ1v) is 9.26. The van der Waals surface area contributed by atoms with Gasteiger partial charge in [-0.25, -0.2) is 0 Å². The average molecular weight is 400 g/mol. The third-order valence-electron chi connectivity index (χ3n) is 2.39. The molecule has 0 unspecified atom stereocenters. The molecule has 0 aromatic heterocycles. The van der Waals surface area contributed by atoms with Crippen molar-refractivity contribution in [3.63, 3.8) is 0 Å². The molecule has 0 radical (unpaired) electrons. The predicted molar refractivity (Wildman–Crippen MR) is 77.1 cm³/mol. The molecule has 0 saturated carbocycles. The molecule has 1 aromatic carbocycles. The Kier molecular flexibility index (Phi) is 8.52. The first-order chi connectivity index (χ1) is 9.39. The predicted octanol–water partition coefficient (Wildman–Crippen LogP) is -1.43. The Bertz CT molecular complexity index is 727. The molecule has 0 heterocycles. The normalized spacial score (nSPS) is 12.0. The van der Waals surface area contributed by atoms with E-state index in [4.69, 9.17) is 32.3 Å². The Morgan fingerprint density at radius 1 is 1.05 bits per heavy atom. The van der Waals surface area contributed by atoms with Crippen LogP contribution in [0.25, 0.3) is 0 Å². The van der Waals surface area contributed by atoms with Crippen LogP contribution in [0.3, 0.4) is 0 Å². The Morgan fingerprint density at radius 3 is 1.86 bits per heavy atom. The standard InChI is InChI=1S/C10H10Cl2O7S2.Na/c11-7-1-2-8(9(12)3-7)10(13)6(4-20(14,15)16)5-21(17,18)19;/h1-3,6H,4-5H2,(H,14,15,16)(H,17,18,19);/q;+1. The minimum absolute atomic E-state index is 0. The van der Waals surface area contributed by atoms with Crippen LogP contribution in [0.1, 0.15) is 10.4 Å². The van der Waals surface area contributed by atoms with Gasteiger partial charge in [0.15, 0.2) is 5.78 Å². The second kappa shape index (κ2) is 8.41. The number of rotatable bonds is 6. The summed E-state index contributed by atoms with van der Waals surface area (Å²) in [6, 6.07) is 3.71. The van der Waals surface area contributed by atoms with Crippen molar-refractivity contribution in [1.29, 1.82) is 0 Å². The van der Waals surface area contributed by atoms with Gasteiger partial charge in [0, 0.05) is 10.6 Å². The van der Waals surface area contributed by atoms with E-state index in [1.165, 1.54) is 18.2 Å². The van der Waals surface area contributed by atoms with Gasteiger partial charge in [0.2, 0.25) is 0 Å². The summed E-state index contributed by atoms with van der Waals surface area (Å²) in [5.74, 6) is -4.98. The molecule has 0 aliphatic carbocycles. The van der Waals surface area contributed by atoms with Crippen molar-refractivity contribution in [3.8, 4) is 0 Å². The van der Waals surface area contributed by atoms with E-state index >= 15 is 0 Å². The SMILES string of the molecule is O=C(c1ccc(Cl)cc1Cl)C(CS(=O)(=O)O)CS(=O)(=O)O.[Na+]. The molecule has 7 nitrogen and oxygen atoms in total. The molecule has 0 spiro atoms. The molecule has 12 heteroatoms. The molecule has 0 amide bonds. The quantitative estimate of drug-likeness (QED) is 0.341. The fourth-order valence-corrected chi connectivity index (χ4v) is 3.82. The number of halogens is 2. The van der Waals surface area contributed by atoms with Gasteiger partial charge in [-0.1, -0.05) is 23.2 Å². The Hall–Kier alpha value is 0.290. The zero-order chi connectivity index (χ0) is 16.4. The van der Waals surface area contributed by atoms with Gasteiger partial charge in [0.1, 0.15) is 0 Å². The second-order valence-corrected chi connectivity index (χ2v) is 8.02. The monoisotopic (exact) mass is 399 g/mol. The molecule has 0 saturated heterocycles. The van der Waals surface area contributed by atoms with Gasteiger partial charge in [-0.2, -0.15) is 16.8 Å². The summed E-state index contributed by atoms with van der Waals surface area (Å²) in [4.78, 5) is 12.2. The maximum Gasteiger partial charge on any atom is 1.00 e. The molecule has 1 rings (SSSR count). The first-order valence-electron chi connectivity index (χ1n) is 5.28. The molecule has 118 valence electrons. The average Bonchev–Trinajstić information content (AvgIpc) is 2.23. The Balaban J connectivity index is 0.00000441. The van der Waals surface area contributed by atoms with Crippen molar-refractivity contribution in [2.24, 2.45) is 5.92 Å². The largest absolute Gasteiger partial charge is 1.00 e. The minimum atomic E-state index is -4.64. The number of Topliss-reactive ketones (excluding diaryl/α,β-unsaturated/α-hetero) is 1. The summed E-state index contributed by atoms with van der Waals surface area (Å²) in [6.45, 7) is 0. The molecule has 0 fully saturated rings. The molecule has 1 aromatic rings. The van der Waals surface area contributed by atoms with Gasteiger partial charge in [0.05, 0.1) is 22.4 Å². The molecule has 2 N–H and O–H groups in total. The first kappa shape index (κ1) is 22.3. The second-order valence-electron chi connectivity index (χ2n) is 4.18. The van der Waals surface area contributed by atoms with Gasteiger partial charge < -0.3 is 0 Å². The molecule has 0 aliphatic rings. The molecule has 0 bridgehead atoms. The van der Waals surface area contributed by atoms with Crippen molar-refractivity contribution in [2.45, 2.75) is 0 Å².